The maximum atomic E-state index is 12.2. The van der Waals surface area contributed by atoms with Crippen molar-refractivity contribution in [3.05, 3.63) is 0 Å². The van der Waals surface area contributed by atoms with E-state index in [1.807, 2.05) is 0 Å². The maximum Gasteiger partial charge on any atom is 0.373 e. The Hall–Kier alpha value is -0.103. The Labute approximate surface area is 56.9 Å². The van der Waals surface area contributed by atoms with E-state index in [1.54, 1.807) is 0 Å². The van der Waals surface area contributed by atoms with Crippen molar-refractivity contribution in [3.8, 4) is 0 Å². The summed E-state index contributed by atoms with van der Waals surface area (Å²) >= 11 is 0. The molecule has 1 fully saturated rings. The fraction of sp³-hybridized carbons (Fsp3) is 1.00. The van der Waals surface area contributed by atoms with E-state index in [9.17, 15) is 17.3 Å². The van der Waals surface area contributed by atoms with E-state index < -0.39 is 34.1 Å². The molecule has 4 unspecified atom stereocenters. The highest BCUT2D eigenvalue weighted by Gasteiger charge is 2.40. The largest absolute Gasteiger partial charge is 0.373 e. The van der Waals surface area contributed by atoms with Crippen LogP contribution in [0.4, 0.5) is 17.3 Å². The van der Waals surface area contributed by atoms with Crippen LogP contribution >= 0.6 is 0 Å². The number of rotatable bonds is 0. The average molecular weight is 174 g/mol. The standard InChI is InChI=1S/C4H6F4OSi/c5-2-1-10(8)9-4(7)3(2)6/h2-4,10H,1H2. The van der Waals surface area contributed by atoms with Crippen molar-refractivity contribution < 1.29 is 21.7 Å². The van der Waals surface area contributed by atoms with E-state index in [2.05, 4.69) is 4.43 Å². The predicted molar refractivity (Wildman–Crippen MR) is 28.8 cm³/mol. The lowest BCUT2D eigenvalue weighted by Crippen LogP contribution is -2.41. The van der Waals surface area contributed by atoms with Crippen LogP contribution in [0.2, 0.25) is 6.04 Å². The van der Waals surface area contributed by atoms with E-state index in [0.717, 1.165) is 0 Å². The molecule has 60 valence electrons. The Morgan fingerprint density at radius 3 is 2.40 bits per heavy atom. The van der Waals surface area contributed by atoms with Crippen molar-refractivity contribution in [3.63, 3.8) is 0 Å². The molecule has 0 radical (unpaired) electrons. The van der Waals surface area contributed by atoms with Gasteiger partial charge in [-0.1, -0.05) is 0 Å². The Morgan fingerprint density at radius 1 is 1.30 bits per heavy atom. The molecule has 0 aromatic heterocycles. The minimum atomic E-state index is -3.24. The van der Waals surface area contributed by atoms with E-state index in [-0.39, 0.29) is 0 Å². The lowest BCUT2D eigenvalue weighted by atomic mass is 10.3. The van der Waals surface area contributed by atoms with Gasteiger partial charge in [0.25, 0.3) is 0 Å². The fourth-order valence-corrected chi connectivity index (χ4v) is 1.90. The quantitative estimate of drug-likeness (QED) is 0.304. The molecule has 0 aliphatic carbocycles. The predicted octanol–water partition coefficient (Wildman–Crippen LogP) is 1.18. The van der Waals surface area contributed by atoms with Gasteiger partial charge in [0, 0.05) is 6.04 Å². The fourth-order valence-electron chi connectivity index (χ4n) is 0.743. The molecule has 0 aromatic rings. The minimum Gasteiger partial charge on any atom is -0.360 e. The number of hydrogen-bond acceptors (Lipinski definition) is 1. The summed E-state index contributed by atoms with van der Waals surface area (Å²) in [6.07, 6.45) is -6.73. The molecule has 0 spiro atoms. The second-order valence-electron chi connectivity index (χ2n) is 2.09. The monoisotopic (exact) mass is 174 g/mol. The molecule has 0 saturated carbocycles. The van der Waals surface area contributed by atoms with Crippen molar-refractivity contribution >= 4 is 9.37 Å². The van der Waals surface area contributed by atoms with Crippen molar-refractivity contribution in [2.24, 2.45) is 0 Å². The third-order valence-electron chi connectivity index (χ3n) is 1.28. The van der Waals surface area contributed by atoms with Gasteiger partial charge in [-0.05, 0) is 0 Å². The molecule has 1 aliphatic rings. The molecule has 4 atom stereocenters. The Balaban J connectivity index is 2.49. The maximum absolute atomic E-state index is 12.2. The lowest BCUT2D eigenvalue weighted by molar-refractivity contribution is -0.0619. The topological polar surface area (TPSA) is 9.23 Å². The molecule has 1 rings (SSSR count). The van der Waals surface area contributed by atoms with Gasteiger partial charge in [0.2, 0.25) is 6.36 Å². The highest BCUT2D eigenvalue weighted by Crippen LogP contribution is 2.25. The average Bonchev–Trinajstić information content (AvgIpc) is 1.82. The highest BCUT2D eigenvalue weighted by atomic mass is 28.3. The smallest absolute Gasteiger partial charge is 0.360 e. The molecule has 0 N–H and O–H groups in total. The van der Waals surface area contributed by atoms with Crippen molar-refractivity contribution in [2.45, 2.75) is 24.7 Å². The first-order valence-corrected chi connectivity index (χ1v) is 4.55. The Bertz CT molecular complexity index is 112. The summed E-state index contributed by atoms with van der Waals surface area (Å²) < 4.78 is 52.3. The van der Waals surface area contributed by atoms with Crippen LogP contribution in [0.25, 0.3) is 0 Å². The zero-order valence-electron chi connectivity index (χ0n) is 4.94. The number of alkyl halides is 3. The molecule has 1 heterocycles. The van der Waals surface area contributed by atoms with Crippen LogP contribution in [0.5, 0.6) is 0 Å². The zero-order valence-corrected chi connectivity index (χ0v) is 6.09. The second kappa shape index (κ2) is 2.87. The molecule has 0 aromatic carbocycles. The van der Waals surface area contributed by atoms with E-state index in [1.165, 1.54) is 0 Å². The molecule has 1 nitrogen and oxygen atoms in total. The van der Waals surface area contributed by atoms with Crippen molar-refractivity contribution in [1.29, 1.82) is 0 Å². The normalized spacial score (nSPS) is 49.2. The van der Waals surface area contributed by atoms with Crippen molar-refractivity contribution in [1.82, 2.24) is 0 Å². The minimum absolute atomic E-state index is 0.582. The molecule has 1 aliphatic heterocycles. The van der Waals surface area contributed by atoms with Gasteiger partial charge in [-0.2, -0.15) is 0 Å². The molecule has 1 saturated heterocycles. The van der Waals surface area contributed by atoms with Gasteiger partial charge in [0.05, 0.1) is 0 Å². The molecule has 6 heteroatoms. The third-order valence-corrected chi connectivity index (χ3v) is 2.66. The first kappa shape index (κ1) is 8.00. The second-order valence-corrected chi connectivity index (χ2v) is 3.66. The van der Waals surface area contributed by atoms with E-state index in [4.69, 9.17) is 0 Å². The summed E-state index contributed by atoms with van der Waals surface area (Å²) in [7, 11) is -3.24. The molecule has 0 bridgehead atoms. The van der Waals surface area contributed by atoms with E-state index in [0.29, 0.717) is 0 Å². The van der Waals surface area contributed by atoms with E-state index >= 15 is 0 Å². The summed E-state index contributed by atoms with van der Waals surface area (Å²) in [6.45, 7) is 0. The first-order chi connectivity index (χ1) is 4.61. The van der Waals surface area contributed by atoms with Crippen LogP contribution in [-0.4, -0.2) is 28.1 Å². The molecular formula is C4H6F4OSi. The summed E-state index contributed by atoms with van der Waals surface area (Å²) in [5.41, 5.74) is 0. The van der Waals surface area contributed by atoms with Gasteiger partial charge in [-0.3, -0.25) is 4.11 Å². The van der Waals surface area contributed by atoms with Crippen LogP contribution in [0.15, 0.2) is 0 Å². The Kier molecular flexibility index (Phi) is 2.30. The van der Waals surface area contributed by atoms with Gasteiger partial charge in [0.1, 0.15) is 6.17 Å². The van der Waals surface area contributed by atoms with Gasteiger partial charge in [-0.15, -0.1) is 0 Å². The van der Waals surface area contributed by atoms with Crippen LogP contribution in [0.3, 0.4) is 0 Å². The molecule has 10 heavy (non-hydrogen) atoms. The summed E-state index contributed by atoms with van der Waals surface area (Å²) in [4.78, 5) is 0. The van der Waals surface area contributed by atoms with Gasteiger partial charge in [-0.25, -0.2) is 13.2 Å². The lowest BCUT2D eigenvalue weighted by Gasteiger charge is -2.24. The summed E-state index contributed by atoms with van der Waals surface area (Å²) in [6, 6.07) is -0.582. The number of hydrogen-bond donors (Lipinski definition) is 0. The molecular weight excluding hydrogens is 168 g/mol. The molecule has 0 amide bonds. The van der Waals surface area contributed by atoms with Crippen LogP contribution in [-0.2, 0) is 4.43 Å². The SMILES string of the molecule is FC1C[SiH](F)OC(F)C1F. The highest BCUT2D eigenvalue weighted by molar-refractivity contribution is 6.44. The van der Waals surface area contributed by atoms with Gasteiger partial charge in [0.15, 0.2) is 6.17 Å². The van der Waals surface area contributed by atoms with Crippen LogP contribution in [0, 0.1) is 0 Å². The van der Waals surface area contributed by atoms with Crippen LogP contribution < -0.4 is 0 Å². The summed E-state index contributed by atoms with van der Waals surface area (Å²) in [5.74, 6) is 0. The number of halogens is 4. The van der Waals surface area contributed by atoms with Crippen LogP contribution in [0.1, 0.15) is 0 Å². The zero-order chi connectivity index (χ0) is 7.72. The summed E-state index contributed by atoms with van der Waals surface area (Å²) in [5, 5.41) is 0. The van der Waals surface area contributed by atoms with Gasteiger partial charge < -0.3 is 4.43 Å². The Morgan fingerprint density at radius 2 is 1.90 bits per heavy atom. The first-order valence-electron chi connectivity index (χ1n) is 2.83. The van der Waals surface area contributed by atoms with Gasteiger partial charge >= 0.3 is 9.37 Å². The third kappa shape index (κ3) is 1.49. The van der Waals surface area contributed by atoms with Crippen molar-refractivity contribution in [2.75, 3.05) is 0 Å².